The summed E-state index contributed by atoms with van der Waals surface area (Å²) in [5.41, 5.74) is 10.00. The molecule has 0 aliphatic heterocycles. The molecule has 0 aromatic carbocycles. The summed E-state index contributed by atoms with van der Waals surface area (Å²) in [7, 11) is 0. The molecule has 0 unspecified atom stereocenters. The number of carbonyl (C=O) groups excluding carboxylic acids is 1. The molecular formula is C7H12N2O3. The Morgan fingerprint density at radius 3 is 2.42 bits per heavy atom. The lowest BCUT2D eigenvalue weighted by atomic mass is 10.2. The van der Waals surface area contributed by atoms with Gasteiger partial charge in [0.25, 0.3) is 0 Å². The minimum Gasteiger partial charge on any atom is -0.480 e. The molecule has 5 nitrogen and oxygen atoms in total. The van der Waals surface area contributed by atoms with E-state index in [2.05, 4.69) is 0 Å². The van der Waals surface area contributed by atoms with Gasteiger partial charge in [0.05, 0.1) is 0 Å². The predicted molar refractivity (Wildman–Crippen MR) is 43.2 cm³/mol. The lowest BCUT2D eigenvalue weighted by Gasteiger charge is -1.99. The summed E-state index contributed by atoms with van der Waals surface area (Å²) in [5, 5.41) is 8.34. The van der Waals surface area contributed by atoms with E-state index in [1.807, 2.05) is 0 Å². The standard InChI is InChI=1S/C7H12N2O3/c8-5(7(11)12)3-1-2-4-6(9)10/h1-2,5H,3-4,8H2,(H2,9,10)(H,11,12)/b2-1-/t5-/m0/s1. The number of aliphatic carboxylic acids is 1. The van der Waals surface area contributed by atoms with Gasteiger partial charge in [0, 0.05) is 6.42 Å². The van der Waals surface area contributed by atoms with Gasteiger partial charge in [-0.05, 0) is 6.42 Å². The normalized spacial score (nSPS) is 13.1. The van der Waals surface area contributed by atoms with Gasteiger partial charge in [0.1, 0.15) is 6.04 Å². The molecule has 1 amide bonds. The molecular weight excluding hydrogens is 160 g/mol. The van der Waals surface area contributed by atoms with Gasteiger partial charge in [0.15, 0.2) is 0 Å². The fourth-order valence-corrected chi connectivity index (χ4v) is 0.543. The molecule has 0 aromatic rings. The summed E-state index contributed by atoms with van der Waals surface area (Å²) < 4.78 is 0. The Labute approximate surface area is 70.0 Å². The molecule has 0 spiro atoms. The van der Waals surface area contributed by atoms with Crippen molar-refractivity contribution in [3.05, 3.63) is 12.2 Å². The Kier molecular flexibility index (Phi) is 4.71. The van der Waals surface area contributed by atoms with Crippen LogP contribution in [0.15, 0.2) is 12.2 Å². The van der Waals surface area contributed by atoms with Crippen molar-refractivity contribution in [2.45, 2.75) is 18.9 Å². The first-order chi connectivity index (χ1) is 5.54. The predicted octanol–water partition coefficient (Wildman–Crippen LogP) is -0.780. The number of carbonyl (C=O) groups is 2. The van der Waals surface area contributed by atoms with Crippen LogP contribution < -0.4 is 11.5 Å². The van der Waals surface area contributed by atoms with E-state index in [0.717, 1.165) is 0 Å². The van der Waals surface area contributed by atoms with E-state index >= 15 is 0 Å². The minimum absolute atomic E-state index is 0.117. The number of carboxylic acid groups (broad SMARTS) is 1. The zero-order valence-corrected chi connectivity index (χ0v) is 6.56. The molecule has 12 heavy (non-hydrogen) atoms. The Morgan fingerprint density at radius 2 is 2.00 bits per heavy atom. The molecule has 1 atom stereocenters. The Hall–Kier alpha value is -1.36. The van der Waals surface area contributed by atoms with Crippen molar-refractivity contribution in [3.8, 4) is 0 Å². The smallest absolute Gasteiger partial charge is 0.320 e. The SMILES string of the molecule is NC(=O)C/C=C\C[C@H](N)C(=O)O. The lowest BCUT2D eigenvalue weighted by molar-refractivity contribution is -0.138. The first-order valence-electron chi connectivity index (χ1n) is 3.45. The Balaban J connectivity index is 3.60. The van der Waals surface area contributed by atoms with Gasteiger partial charge < -0.3 is 16.6 Å². The van der Waals surface area contributed by atoms with Crippen LogP contribution in [-0.4, -0.2) is 23.0 Å². The van der Waals surface area contributed by atoms with Gasteiger partial charge >= 0.3 is 5.97 Å². The van der Waals surface area contributed by atoms with Crippen molar-refractivity contribution in [1.29, 1.82) is 0 Å². The molecule has 0 rings (SSSR count). The van der Waals surface area contributed by atoms with Crippen LogP contribution in [0.1, 0.15) is 12.8 Å². The third-order valence-electron chi connectivity index (χ3n) is 1.19. The van der Waals surface area contributed by atoms with Crippen LogP contribution in [0.25, 0.3) is 0 Å². The quantitative estimate of drug-likeness (QED) is 0.473. The fourth-order valence-electron chi connectivity index (χ4n) is 0.543. The molecule has 0 saturated heterocycles. The van der Waals surface area contributed by atoms with Crippen molar-refractivity contribution in [3.63, 3.8) is 0 Å². The van der Waals surface area contributed by atoms with Gasteiger partial charge in [-0.1, -0.05) is 12.2 Å². The zero-order chi connectivity index (χ0) is 9.56. The van der Waals surface area contributed by atoms with Gasteiger partial charge in [-0.3, -0.25) is 9.59 Å². The molecule has 0 radical (unpaired) electrons. The Morgan fingerprint density at radius 1 is 1.42 bits per heavy atom. The average molecular weight is 172 g/mol. The number of hydrogen-bond donors (Lipinski definition) is 3. The monoisotopic (exact) mass is 172 g/mol. The van der Waals surface area contributed by atoms with Gasteiger partial charge in [-0.2, -0.15) is 0 Å². The first-order valence-corrected chi connectivity index (χ1v) is 3.45. The van der Waals surface area contributed by atoms with Gasteiger partial charge in [-0.25, -0.2) is 0 Å². The number of rotatable bonds is 5. The second kappa shape index (κ2) is 5.31. The van der Waals surface area contributed by atoms with E-state index < -0.39 is 17.9 Å². The highest BCUT2D eigenvalue weighted by atomic mass is 16.4. The Bertz CT molecular complexity index is 201. The van der Waals surface area contributed by atoms with Crippen LogP contribution in [0.4, 0.5) is 0 Å². The van der Waals surface area contributed by atoms with E-state index in [-0.39, 0.29) is 12.8 Å². The summed E-state index contributed by atoms with van der Waals surface area (Å²) in [6.45, 7) is 0. The number of carboxylic acids is 1. The summed E-state index contributed by atoms with van der Waals surface area (Å²) in [6.07, 6.45) is 3.36. The van der Waals surface area contributed by atoms with Gasteiger partial charge in [0.2, 0.25) is 5.91 Å². The van der Waals surface area contributed by atoms with Crippen molar-refractivity contribution in [1.82, 2.24) is 0 Å². The highest BCUT2D eigenvalue weighted by Crippen LogP contribution is 1.91. The second-order valence-electron chi connectivity index (χ2n) is 2.32. The average Bonchev–Trinajstić information content (AvgIpc) is 1.97. The highest BCUT2D eigenvalue weighted by Gasteiger charge is 2.07. The lowest BCUT2D eigenvalue weighted by Crippen LogP contribution is -2.29. The van der Waals surface area contributed by atoms with Crippen molar-refractivity contribution in [2.24, 2.45) is 11.5 Å². The summed E-state index contributed by atoms with van der Waals surface area (Å²) in [5.74, 6) is -1.51. The highest BCUT2D eigenvalue weighted by molar-refractivity contribution is 5.75. The van der Waals surface area contributed by atoms with E-state index in [1.165, 1.54) is 12.2 Å². The van der Waals surface area contributed by atoms with E-state index in [4.69, 9.17) is 16.6 Å². The third-order valence-corrected chi connectivity index (χ3v) is 1.19. The van der Waals surface area contributed by atoms with Crippen LogP contribution in [0, 0.1) is 0 Å². The molecule has 0 aliphatic carbocycles. The van der Waals surface area contributed by atoms with Crippen molar-refractivity contribution in [2.75, 3.05) is 0 Å². The maximum atomic E-state index is 10.2. The van der Waals surface area contributed by atoms with Gasteiger partial charge in [-0.15, -0.1) is 0 Å². The van der Waals surface area contributed by atoms with Crippen LogP contribution in [0.3, 0.4) is 0 Å². The maximum Gasteiger partial charge on any atom is 0.320 e. The number of hydrogen-bond acceptors (Lipinski definition) is 3. The van der Waals surface area contributed by atoms with E-state index in [9.17, 15) is 9.59 Å². The largest absolute Gasteiger partial charge is 0.480 e. The maximum absolute atomic E-state index is 10.2. The van der Waals surface area contributed by atoms with Crippen LogP contribution in [0.2, 0.25) is 0 Å². The zero-order valence-electron chi connectivity index (χ0n) is 6.56. The molecule has 0 bridgehead atoms. The molecule has 0 heterocycles. The van der Waals surface area contributed by atoms with Crippen LogP contribution in [0.5, 0.6) is 0 Å². The number of nitrogens with two attached hydrogens (primary N) is 2. The van der Waals surface area contributed by atoms with Crippen molar-refractivity contribution < 1.29 is 14.7 Å². The van der Waals surface area contributed by atoms with Crippen molar-refractivity contribution >= 4 is 11.9 Å². The molecule has 0 fully saturated rings. The molecule has 68 valence electrons. The summed E-state index contributed by atoms with van der Waals surface area (Å²) in [4.78, 5) is 20.4. The molecule has 0 saturated carbocycles. The fraction of sp³-hybridized carbons (Fsp3) is 0.429. The minimum atomic E-state index is -1.06. The molecule has 0 aromatic heterocycles. The second-order valence-corrected chi connectivity index (χ2v) is 2.32. The topological polar surface area (TPSA) is 106 Å². The molecule has 0 aliphatic rings. The van der Waals surface area contributed by atoms with E-state index in [0.29, 0.717) is 0 Å². The molecule has 5 N–H and O–H groups in total. The number of primary amides is 1. The summed E-state index contributed by atoms with van der Waals surface area (Å²) in [6, 6.07) is -0.908. The summed E-state index contributed by atoms with van der Waals surface area (Å²) >= 11 is 0. The molecule has 5 heteroatoms. The van der Waals surface area contributed by atoms with Crippen LogP contribution >= 0.6 is 0 Å². The van der Waals surface area contributed by atoms with E-state index in [1.54, 1.807) is 0 Å². The first kappa shape index (κ1) is 10.6. The number of amides is 1. The third kappa shape index (κ3) is 5.43. The van der Waals surface area contributed by atoms with Crippen LogP contribution in [-0.2, 0) is 9.59 Å².